The number of hydrogen-bond acceptors (Lipinski definition) is 3. The standard InChI is InChI=1S/C16H18N2O2/c1-13-11-15(18-20-13)12-17-16(19)10-6-5-9-14-7-3-2-4-8-14/h2-8,11H,9-10,12H2,1H3,(H,17,19). The van der Waals surface area contributed by atoms with Gasteiger partial charge in [0.1, 0.15) is 11.5 Å². The van der Waals surface area contributed by atoms with Crippen molar-refractivity contribution in [2.24, 2.45) is 0 Å². The highest BCUT2D eigenvalue weighted by Crippen LogP contribution is 2.02. The van der Waals surface area contributed by atoms with Crippen molar-refractivity contribution >= 4 is 5.91 Å². The lowest BCUT2D eigenvalue weighted by Crippen LogP contribution is -2.21. The van der Waals surface area contributed by atoms with E-state index < -0.39 is 0 Å². The number of benzene rings is 1. The van der Waals surface area contributed by atoms with E-state index >= 15 is 0 Å². The Morgan fingerprint density at radius 3 is 2.80 bits per heavy atom. The second-order valence-electron chi connectivity index (χ2n) is 4.57. The summed E-state index contributed by atoms with van der Waals surface area (Å²) in [6.45, 7) is 2.23. The summed E-state index contributed by atoms with van der Waals surface area (Å²) in [6.07, 6.45) is 5.12. The van der Waals surface area contributed by atoms with Gasteiger partial charge in [-0.3, -0.25) is 4.79 Å². The van der Waals surface area contributed by atoms with Crippen LogP contribution in [0.15, 0.2) is 53.1 Å². The molecule has 0 fully saturated rings. The SMILES string of the molecule is Cc1cc(CNC(=O)CC=CCc2ccccc2)no1. The van der Waals surface area contributed by atoms with Crippen LogP contribution >= 0.6 is 0 Å². The quantitative estimate of drug-likeness (QED) is 0.821. The van der Waals surface area contributed by atoms with Gasteiger partial charge in [0, 0.05) is 12.5 Å². The molecule has 1 amide bonds. The molecule has 104 valence electrons. The number of carbonyl (C=O) groups excluding carboxylic acids is 1. The Morgan fingerprint density at radius 1 is 1.30 bits per heavy atom. The first-order valence-corrected chi connectivity index (χ1v) is 6.62. The summed E-state index contributed by atoms with van der Waals surface area (Å²) in [7, 11) is 0. The monoisotopic (exact) mass is 270 g/mol. The minimum atomic E-state index is -0.0186. The summed E-state index contributed by atoms with van der Waals surface area (Å²) in [5.74, 6) is 0.729. The molecule has 0 saturated carbocycles. The van der Waals surface area contributed by atoms with Gasteiger partial charge >= 0.3 is 0 Å². The summed E-state index contributed by atoms with van der Waals surface area (Å²) >= 11 is 0. The average Bonchev–Trinajstić information content (AvgIpc) is 2.88. The number of nitrogens with one attached hydrogen (secondary N) is 1. The molecule has 20 heavy (non-hydrogen) atoms. The largest absolute Gasteiger partial charge is 0.361 e. The molecule has 1 aromatic carbocycles. The second-order valence-corrected chi connectivity index (χ2v) is 4.57. The molecular weight excluding hydrogens is 252 g/mol. The third-order valence-corrected chi connectivity index (χ3v) is 2.81. The third-order valence-electron chi connectivity index (χ3n) is 2.81. The molecule has 0 spiro atoms. The average molecular weight is 270 g/mol. The molecule has 0 saturated heterocycles. The highest BCUT2D eigenvalue weighted by molar-refractivity contribution is 5.77. The maximum atomic E-state index is 11.6. The topological polar surface area (TPSA) is 55.1 Å². The van der Waals surface area contributed by atoms with Gasteiger partial charge in [-0.05, 0) is 18.9 Å². The van der Waals surface area contributed by atoms with Crippen molar-refractivity contribution in [2.75, 3.05) is 0 Å². The molecule has 0 bridgehead atoms. The normalized spacial score (nSPS) is 10.8. The van der Waals surface area contributed by atoms with Crippen LogP contribution in [-0.4, -0.2) is 11.1 Å². The minimum Gasteiger partial charge on any atom is -0.361 e. The molecule has 0 aliphatic carbocycles. The van der Waals surface area contributed by atoms with Gasteiger partial charge in [-0.25, -0.2) is 0 Å². The molecule has 2 rings (SSSR count). The van der Waals surface area contributed by atoms with E-state index in [9.17, 15) is 4.79 Å². The molecule has 1 aromatic heterocycles. The summed E-state index contributed by atoms with van der Waals surface area (Å²) in [5.41, 5.74) is 1.98. The van der Waals surface area contributed by atoms with Gasteiger partial charge < -0.3 is 9.84 Å². The van der Waals surface area contributed by atoms with Crippen molar-refractivity contribution in [1.29, 1.82) is 0 Å². The number of allylic oxidation sites excluding steroid dienone is 1. The smallest absolute Gasteiger partial charge is 0.224 e. The minimum absolute atomic E-state index is 0.0186. The van der Waals surface area contributed by atoms with Gasteiger partial charge in [0.25, 0.3) is 0 Å². The predicted octanol–water partition coefficient (Wildman–Crippen LogP) is 2.79. The first kappa shape index (κ1) is 14.1. The Kier molecular flexibility index (Phi) is 5.12. The molecule has 1 N–H and O–H groups in total. The molecule has 1 heterocycles. The molecule has 0 atom stereocenters. The van der Waals surface area contributed by atoms with Crippen molar-refractivity contribution < 1.29 is 9.32 Å². The van der Waals surface area contributed by atoms with E-state index in [2.05, 4.69) is 22.6 Å². The van der Waals surface area contributed by atoms with E-state index in [-0.39, 0.29) is 5.91 Å². The number of rotatable bonds is 6. The van der Waals surface area contributed by atoms with Gasteiger partial charge in [0.05, 0.1) is 6.54 Å². The number of nitrogens with zero attached hydrogens (tertiary/aromatic N) is 1. The molecule has 0 radical (unpaired) electrons. The van der Waals surface area contributed by atoms with Crippen LogP contribution in [-0.2, 0) is 17.8 Å². The van der Waals surface area contributed by atoms with Crippen LogP contribution in [0.3, 0.4) is 0 Å². The Balaban J connectivity index is 1.67. The van der Waals surface area contributed by atoms with Crippen molar-refractivity contribution in [2.45, 2.75) is 26.3 Å². The number of aryl methyl sites for hydroxylation is 1. The second kappa shape index (κ2) is 7.28. The Labute approximate surface area is 118 Å². The van der Waals surface area contributed by atoms with Crippen LogP contribution in [0.4, 0.5) is 0 Å². The lowest BCUT2D eigenvalue weighted by atomic mass is 10.1. The molecule has 4 nitrogen and oxygen atoms in total. The number of aromatic nitrogens is 1. The van der Waals surface area contributed by atoms with E-state index in [0.717, 1.165) is 17.9 Å². The summed E-state index contributed by atoms with van der Waals surface area (Å²) in [4.78, 5) is 11.6. The van der Waals surface area contributed by atoms with Crippen molar-refractivity contribution in [1.82, 2.24) is 10.5 Å². The number of amides is 1. The van der Waals surface area contributed by atoms with Gasteiger partial charge in [-0.2, -0.15) is 0 Å². The van der Waals surface area contributed by atoms with Crippen LogP contribution < -0.4 is 5.32 Å². The van der Waals surface area contributed by atoms with E-state index in [4.69, 9.17) is 4.52 Å². The fraction of sp³-hybridized carbons (Fsp3) is 0.250. The number of carbonyl (C=O) groups is 1. The molecule has 4 heteroatoms. The van der Waals surface area contributed by atoms with Crippen LogP contribution in [0.25, 0.3) is 0 Å². The van der Waals surface area contributed by atoms with E-state index in [1.165, 1.54) is 5.56 Å². The molecule has 2 aromatic rings. The predicted molar refractivity (Wildman–Crippen MR) is 77.0 cm³/mol. The first-order chi connectivity index (χ1) is 9.74. The van der Waals surface area contributed by atoms with Gasteiger partial charge in [0.2, 0.25) is 5.91 Å². The number of hydrogen-bond donors (Lipinski definition) is 1. The lowest BCUT2D eigenvalue weighted by molar-refractivity contribution is -0.120. The zero-order valence-corrected chi connectivity index (χ0v) is 11.5. The highest BCUT2D eigenvalue weighted by atomic mass is 16.5. The maximum absolute atomic E-state index is 11.6. The lowest BCUT2D eigenvalue weighted by Gasteiger charge is -1.99. The van der Waals surface area contributed by atoms with Gasteiger partial charge in [-0.1, -0.05) is 47.6 Å². The van der Waals surface area contributed by atoms with Crippen molar-refractivity contribution in [3.8, 4) is 0 Å². The van der Waals surface area contributed by atoms with Crippen molar-refractivity contribution in [3.63, 3.8) is 0 Å². The highest BCUT2D eigenvalue weighted by Gasteiger charge is 2.02. The molecule has 0 unspecified atom stereocenters. The van der Waals surface area contributed by atoms with Crippen molar-refractivity contribution in [3.05, 3.63) is 65.6 Å². The van der Waals surface area contributed by atoms with Gasteiger partial charge in [-0.15, -0.1) is 0 Å². The van der Waals surface area contributed by atoms with Crippen LogP contribution in [0.2, 0.25) is 0 Å². The zero-order chi connectivity index (χ0) is 14.2. The van der Waals surface area contributed by atoms with Crippen LogP contribution in [0.1, 0.15) is 23.4 Å². The molecule has 0 aliphatic heterocycles. The Bertz CT molecular complexity index is 573. The summed E-state index contributed by atoms with van der Waals surface area (Å²) in [6, 6.07) is 12.0. The molecule has 0 aliphatic rings. The van der Waals surface area contributed by atoms with Crippen LogP contribution in [0, 0.1) is 6.92 Å². The van der Waals surface area contributed by atoms with E-state index in [1.54, 1.807) is 0 Å². The van der Waals surface area contributed by atoms with E-state index in [0.29, 0.717) is 13.0 Å². The fourth-order valence-corrected chi connectivity index (χ4v) is 1.79. The van der Waals surface area contributed by atoms with Gasteiger partial charge in [0.15, 0.2) is 0 Å². The molecular formula is C16H18N2O2. The summed E-state index contributed by atoms with van der Waals surface area (Å²) in [5, 5.41) is 6.61. The fourth-order valence-electron chi connectivity index (χ4n) is 1.79. The van der Waals surface area contributed by atoms with E-state index in [1.807, 2.05) is 43.3 Å². The Hall–Kier alpha value is -2.36. The first-order valence-electron chi connectivity index (χ1n) is 6.62. The maximum Gasteiger partial charge on any atom is 0.224 e. The Morgan fingerprint density at radius 2 is 2.10 bits per heavy atom. The van der Waals surface area contributed by atoms with Crippen LogP contribution in [0.5, 0.6) is 0 Å². The summed E-state index contributed by atoms with van der Waals surface area (Å²) < 4.78 is 4.93. The third kappa shape index (κ3) is 4.72. The zero-order valence-electron chi connectivity index (χ0n) is 11.5.